The number of nitriles is 1. The molecule has 0 bridgehead atoms. The van der Waals surface area contributed by atoms with Crippen LogP contribution in [-0.2, 0) is 0 Å². The molecule has 1 aromatic rings. The van der Waals surface area contributed by atoms with Gasteiger partial charge in [-0.05, 0) is 44.3 Å². The number of hydrogen-bond donors (Lipinski definition) is 0. The van der Waals surface area contributed by atoms with Gasteiger partial charge in [-0.2, -0.15) is 5.26 Å². The quantitative estimate of drug-likeness (QED) is 0.682. The number of nitrogens with zero attached hydrogens (tertiary/aromatic N) is 2. The minimum Gasteiger partial charge on any atom is -0.492 e. The number of ether oxygens (including phenoxy) is 1. The molecular weight excluding hydrogens is 219 g/mol. The van der Waals surface area contributed by atoms with Crippen molar-refractivity contribution in [3.8, 4) is 11.8 Å². The van der Waals surface area contributed by atoms with E-state index in [1.165, 1.54) is 12.1 Å². The summed E-state index contributed by atoms with van der Waals surface area (Å²) < 4.78 is 18.1. The Kier molecular flexibility index (Phi) is 6.05. The largest absolute Gasteiger partial charge is 0.492 e. The molecule has 0 aromatic heterocycles. The van der Waals surface area contributed by atoms with E-state index in [0.717, 1.165) is 19.5 Å². The molecule has 0 aliphatic rings. The zero-order valence-corrected chi connectivity index (χ0v) is 10.0. The maximum Gasteiger partial charge on any atom is 0.123 e. The lowest BCUT2D eigenvalue weighted by atomic mass is 10.3. The van der Waals surface area contributed by atoms with Crippen molar-refractivity contribution in [2.45, 2.75) is 12.8 Å². The average molecular weight is 236 g/mol. The van der Waals surface area contributed by atoms with Gasteiger partial charge in [-0.3, -0.25) is 0 Å². The number of unbranched alkanes of at least 4 members (excludes halogenated alkanes) is 1. The van der Waals surface area contributed by atoms with Crippen molar-refractivity contribution in [2.24, 2.45) is 0 Å². The highest BCUT2D eigenvalue weighted by Gasteiger charge is 1.99. The van der Waals surface area contributed by atoms with Gasteiger partial charge in [0.1, 0.15) is 18.2 Å². The summed E-state index contributed by atoms with van der Waals surface area (Å²) in [5, 5.41) is 8.40. The summed E-state index contributed by atoms with van der Waals surface area (Å²) in [6.07, 6.45) is 1.46. The number of rotatable bonds is 7. The van der Waals surface area contributed by atoms with E-state index < -0.39 is 0 Å². The Morgan fingerprint density at radius 1 is 1.29 bits per heavy atom. The normalized spacial score (nSPS) is 10.2. The standard InChI is InChI=1S/C13H17FN2O/c1-16(9-3-2-8-15)10-11-17-13-6-4-12(14)5-7-13/h4-7H,2-3,9-11H2,1H3. The molecule has 0 saturated heterocycles. The van der Waals surface area contributed by atoms with Crippen molar-refractivity contribution in [1.29, 1.82) is 5.26 Å². The van der Waals surface area contributed by atoms with Gasteiger partial charge in [-0.15, -0.1) is 0 Å². The van der Waals surface area contributed by atoms with Crippen molar-refractivity contribution in [3.05, 3.63) is 30.1 Å². The summed E-state index contributed by atoms with van der Waals surface area (Å²) in [4.78, 5) is 2.11. The Hall–Kier alpha value is -1.60. The number of hydrogen-bond acceptors (Lipinski definition) is 3. The minimum absolute atomic E-state index is 0.258. The van der Waals surface area contributed by atoms with E-state index in [-0.39, 0.29) is 5.82 Å². The molecule has 0 heterocycles. The molecule has 0 saturated carbocycles. The first-order chi connectivity index (χ1) is 8.22. The van der Waals surface area contributed by atoms with E-state index in [4.69, 9.17) is 10.00 Å². The number of halogens is 1. The molecule has 0 atom stereocenters. The minimum atomic E-state index is -0.258. The van der Waals surface area contributed by atoms with Crippen molar-refractivity contribution >= 4 is 0 Å². The van der Waals surface area contributed by atoms with Crippen LogP contribution in [0.1, 0.15) is 12.8 Å². The number of likely N-dealkylation sites (N-methyl/N-ethyl adjacent to an activating group) is 1. The van der Waals surface area contributed by atoms with Crippen molar-refractivity contribution in [1.82, 2.24) is 4.90 Å². The van der Waals surface area contributed by atoms with Gasteiger partial charge in [-0.25, -0.2) is 4.39 Å². The van der Waals surface area contributed by atoms with E-state index in [1.807, 2.05) is 7.05 Å². The second-order valence-electron chi connectivity index (χ2n) is 3.87. The highest BCUT2D eigenvalue weighted by atomic mass is 19.1. The molecular formula is C13H17FN2O. The third-order valence-electron chi connectivity index (χ3n) is 2.38. The average Bonchev–Trinajstić information content (AvgIpc) is 2.32. The van der Waals surface area contributed by atoms with Crippen LogP contribution in [0.4, 0.5) is 4.39 Å². The van der Waals surface area contributed by atoms with Crippen LogP contribution in [0.5, 0.6) is 5.75 Å². The zero-order valence-electron chi connectivity index (χ0n) is 10.0. The monoisotopic (exact) mass is 236 g/mol. The first-order valence-electron chi connectivity index (χ1n) is 5.66. The third kappa shape index (κ3) is 5.88. The van der Waals surface area contributed by atoms with Crippen LogP contribution < -0.4 is 4.74 Å². The second-order valence-corrected chi connectivity index (χ2v) is 3.87. The molecule has 0 aliphatic heterocycles. The predicted molar refractivity (Wildman–Crippen MR) is 64.2 cm³/mol. The highest BCUT2D eigenvalue weighted by Crippen LogP contribution is 2.10. The fourth-order valence-corrected chi connectivity index (χ4v) is 1.39. The van der Waals surface area contributed by atoms with Crippen LogP contribution >= 0.6 is 0 Å². The van der Waals surface area contributed by atoms with Gasteiger partial charge in [0.15, 0.2) is 0 Å². The van der Waals surface area contributed by atoms with Gasteiger partial charge in [-0.1, -0.05) is 0 Å². The van der Waals surface area contributed by atoms with Gasteiger partial charge in [0.25, 0.3) is 0 Å². The summed E-state index contributed by atoms with van der Waals surface area (Å²) in [5.74, 6) is 0.419. The molecule has 0 radical (unpaired) electrons. The van der Waals surface area contributed by atoms with Gasteiger partial charge in [0, 0.05) is 13.0 Å². The Labute approximate surface area is 101 Å². The molecule has 4 heteroatoms. The van der Waals surface area contributed by atoms with E-state index in [2.05, 4.69) is 11.0 Å². The predicted octanol–water partition coefficient (Wildman–Crippen LogP) is 2.44. The topological polar surface area (TPSA) is 36.3 Å². The fourth-order valence-electron chi connectivity index (χ4n) is 1.39. The molecule has 17 heavy (non-hydrogen) atoms. The smallest absolute Gasteiger partial charge is 0.123 e. The van der Waals surface area contributed by atoms with Gasteiger partial charge >= 0.3 is 0 Å². The van der Waals surface area contributed by atoms with Crippen LogP contribution in [0.15, 0.2) is 24.3 Å². The van der Waals surface area contributed by atoms with Crippen molar-refractivity contribution in [3.63, 3.8) is 0 Å². The van der Waals surface area contributed by atoms with Crippen LogP contribution in [0.2, 0.25) is 0 Å². The van der Waals surface area contributed by atoms with Crippen molar-refractivity contribution in [2.75, 3.05) is 26.7 Å². The first-order valence-corrected chi connectivity index (χ1v) is 5.66. The maximum atomic E-state index is 12.6. The molecule has 3 nitrogen and oxygen atoms in total. The molecule has 0 amide bonds. The van der Waals surface area contributed by atoms with Crippen LogP contribution in [-0.4, -0.2) is 31.6 Å². The lowest BCUT2D eigenvalue weighted by Crippen LogP contribution is -2.25. The van der Waals surface area contributed by atoms with Gasteiger partial charge in [0.05, 0.1) is 6.07 Å². The van der Waals surface area contributed by atoms with Crippen LogP contribution in [0.25, 0.3) is 0 Å². The highest BCUT2D eigenvalue weighted by molar-refractivity contribution is 5.21. The number of benzene rings is 1. The molecule has 0 N–H and O–H groups in total. The van der Waals surface area contributed by atoms with E-state index >= 15 is 0 Å². The maximum absolute atomic E-state index is 12.6. The lowest BCUT2D eigenvalue weighted by molar-refractivity contribution is 0.236. The molecule has 0 fully saturated rings. The SMILES string of the molecule is CN(CCCC#N)CCOc1ccc(F)cc1. The Morgan fingerprint density at radius 2 is 2.00 bits per heavy atom. The van der Waals surface area contributed by atoms with Crippen LogP contribution in [0, 0.1) is 17.1 Å². The molecule has 0 aliphatic carbocycles. The van der Waals surface area contributed by atoms with E-state index in [1.54, 1.807) is 12.1 Å². The van der Waals surface area contributed by atoms with Crippen LogP contribution in [0.3, 0.4) is 0 Å². The molecule has 0 spiro atoms. The molecule has 1 rings (SSSR count). The molecule has 92 valence electrons. The van der Waals surface area contributed by atoms with E-state index in [9.17, 15) is 4.39 Å². The third-order valence-corrected chi connectivity index (χ3v) is 2.38. The van der Waals surface area contributed by atoms with Gasteiger partial charge < -0.3 is 9.64 Å². The Bertz CT molecular complexity index is 359. The summed E-state index contributed by atoms with van der Waals surface area (Å²) in [6, 6.07) is 8.11. The lowest BCUT2D eigenvalue weighted by Gasteiger charge is -2.16. The summed E-state index contributed by atoms with van der Waals surface area (Å²) in [5.41, 5.74) is 0. The summed E-state index contributed by atoms with van der Waals surface area (Å²) >= 11 is 0. The molecule has 0 unspecified atom stereocenters. The summed E-state index contributed by atoms with van der Waals surface area (Å²) in [7, 11) is 1.99. The first kappa shape index (κ1) is 13.5. The molecule has 1 aromatic carbocycles. The summed E-state index contributed by atoms with van der Waals surface area (Å²) in [6.45, 7) is 2.25. The fraction of sp³-hybridized carbons (Fsp3) is 0.462. The van der Waals surface area contributed by atoms with E-state index in [0.29, 0.717) is 18.8 Å². The second kappa shape index (κ2) is 7.64. The van der Waals surface area contributed by atoms with Crippen molar-refractivity contribution < 1.29 is 9.13 Å². The zero-order chi connectivity index (χ0) is 12.5. The Balaban J connectivity index is 2.15. The Morgan fingerprint density at radius 3 is 2.65 bits per heavy atom. The van der Waals surface area contributed by atoms with Gasteiger partial charge in [0.2, 0.25) is 0 Å².